The molecule has 0 aliphatic heterocycles. The Morgan fingerprint density at radius 2 is 2.00 bits per heavy atom. The highest BCUT2D eigenvalue weighted by molar-refractivity contribution is 5.76. The summed E-state index contributed by atoms with van der Waals surface area (Å²) in [5, 5.41) is 12.4. The highest BCUT2D eigenvalue weighted by Crippen LogP contribution is 2.49. The lowest BCUT2D eigenvalue weighted by molar-refractivity contribution is -0.123. The summed E-state index contributed by atoms with van der Waals surface area (Å²) in [6.07, 6.45) is 9.40. The Morgan fingerprint density at radius 1 is 1.11 bits per heavy atom. The first kappa shape index (κ1) is 12.5. The zero-order valence-electron chi connectivity index (χ0n) is 11.1. The monoisotopic (exact) mass is 251 g/mol. The summed E-state index contributed by atoms with van der Waals surface area (Å²) in [6, 6.07) is 0.237. The standard InChI is InChI=1S/C15H25NO2/c17-9-12-2-1-3-14(12)16-15(18)8-13-7-10-4-5-11(13)6-10/h10-14,17H,1-9H2,(H,16,18). The Hall–Kier alpha value is -0.570. The molecular formula is C15H25NO2. The van der Waals surface area contributed by atoms with Crippen molar-refractivity contribution < 1.29 is 9.90 Å². The molecule has 3 nitrogen and oxygen atoms in total. The largest absolute Gasteiger partial charge is 0.396 e. The molecular weight excluding hydrogens is 226 g/mol. The Kier molecular flexibility index (Phi) is 3.60. The van der Waals surface area contributed by atoms with Crippen LogP contribution in [0, 0.1) is 23.7 Å². The third-order valence-electron chi connectivity index (χ3n) is 5.57. The van der Waals surface area contributed by atoms with Crippen LogP contribution in [-0.2, 0) is 4.79 Å². The second kappa shape index (κ2) is 5.20. The van der Waals surface area contributed by atoms with Crippen LogP contribution in [0.5, 0.6) is 0 Å². The molecule has 0 aromatic carbocycles. The number of carbonyl (C=O) groups is 1. The number of aliphatic hydroxyl groups excluding tert-OH is 1. The number of nitrogens with one attached hydrogen (secondary N) is 1. The normalized spacial score (nSPS) is 42.4. The molecule has 3 rings (SSSR count). The smallest absolute Gasteiger partial charge is 0.220 e. The minimum absolute atomic E-state index is 0.221. The first-order chi connectivity index (χ1) is 8.76. The number of aliphatic hydroxyl groups is 1. The van der Waals surface area contributed by atoms with Crippen molar-refractivity contribution in [1.29, 1.82) is 0 Å². The van der Waals surface area contributed by atoms with Crippen molar-refractivity contribution in [3.8, 4) is 0 Å². The first-order valence-corrected chi connectivity index (χ1v) is 7.66. The van der Waals surface area contributed by atoms with Crippen molar-refractivity contribution in [2.45, 2.75) is 57.4 Å². The van der Waals surface area contributed by atoms with Gasteiger partial charge in [-0.25, -0.2) is 0 Å². The van der Waals surface area contributed by atoms with Crippen LogP contribution < -0.4 is 5.32 Å². The van der Waals surface area contributed by atoms with E-state index < -0.39 is 0 Å². The van der Waals surface area contributed by atoms with E-state index in [4.69, 9.17) is 0 Å². The average molecular weight is 251 g/mol. The lowest BCUT2D eigenvalue weighted by Crippen LogP contribution is -2.39. The van der Waals surface area contributed by atoms with E-state index in [-0.39, 0.29) is 18.6 Å². The van der Waals surface area contributed by atoms with Gasteiger partial charge < -0.3 is 10.4 Å². The van der Waals surface area contributed by atoms with Crippen molar-refractivity contribution in [2.24, 2.45) is 23.7 Å². The van der Waals surface area contributed by atoms with Gasteiger partial charge in [0.1, 0.15) is 0 Å². The summed E-state index contributed by atoms with van der Waals surface area (Å²) in [7, 11) is 0. The SMILES string of the molecule is O=C(CC1CC2CCC1C2)NC1CCCC1CO. The van der Waals surface area contributed by atoms with Gasteiger partial charge in [0.05, 0.1) is 0 Å². The second-order valence-electron chi connectivity index (χ2n) is 6.69. The van der Waals surface area contributed by atoms with Gasteiger partial charge in [0, 0.05) is 25.0 Å². The van der Waals surface area contributed by atoms with Crippen molar-refractivity contribution >= 4 is 5.91 Å². The molecule has 5 unspecified atom stereocenters. The molecule has 0 spiro atoms. The van der Waals surface area contributed by atoms with E-state index in [2.05, 4.69) is 5.32 Å². The number of hydrogen-bond donors (Lipinski definition) is 2. The fraction of sp³-hybridized carbons (Fsp3) is 0.933. The van der Waals surface area contributed by atoms with Crippen LogP contribution in [0.1, 0.15) is 51.4 Å². The Labute approximate surface area is 109 Å². The molecule has 5 atom stereocenters. The van der Waals surface area contributed by atoms with Crippen LogP contribution in [0.25, 0.3) is 0 Å². The maximum Gasteiger partial charge on any atom is 0.220 e. The summed E-state index contributed by atoms with van der Waals surface area (Å²) in [6.45, 7) is 0.221. The number of amides is 1. The number of fused-ring (bicyclic) bond motifs is 2. The van der Waals surface area contributed by atoms with Crippen molar-refractivity contribution in [3.63, 3.8) is 0 Å². The molecule has 1 amide bonds. The van der Waals surface area contributed by atoms with Crippen molar-refractivity contribution in [2.75, 3.05) is 6.61 Å². The lowest BCUT2D eigenvalue weighted by Gasteiger charge is -2.23. The first-order valence-electron chi connectivity index (χ1n) is 7.66. The molecule has 2 N–H and O–H groups in total. The quantitative estimate of drug-likeness (QED) is 0.804. The molecule has 18 heavy (non-hydrogen) atoms. The van der Waals surface area contributed by atoms with Crippen molar-refractivity contribution in [3.05, 3.63) is 0 Å². The maximum atomic E-state index is 12.1. The lowest BCUT2D eigenvalue weighted by atomic mass is 9.86. The van der Waals surface area contributed by atoms with Gasteiger partial charge in [-0.05, 0) is 49.9 Å². The van der Waals surface area contributed by atoms with E-state index in [0.717, 1.165) is 37.5 Å². The van der Waals surface area contributed by atoms with Gasteiger partial charge in [-0.3, -0.25) is 4.79 Å². The zero-order chi connectivity index (χ0) is 12.5. The van der Waals surface area contributed by atoms with Gasteiger partial charge in [0.2, 0.25) is 5.91 Å². The van der Waals surface area contributed by atoms with Gasteiger partial charge in [-0.15, -0.1) is 0 Å². The van der Waals surface area contributed by atoms with Crippen LogP contribution in [0.3, 0.4) is 0 Å². The third kappa shape index (κ3) is 2.42. The predicted molar refractivity (Wildman–Crippen MR) is 69.9 cm³/mol. The van der Waals surface area contributed by atoms with Crippen LogP contribution in [0.4, 0.5) is 0 Å². The zero-order valence-corrected chi connectivity index (χ0v) is 11.1. The molecule has 3 aliphatic rings. The fourth-order valence-corrected chi connectivity index (χ4v) is 4.58. The van der Waals surface area contributed by atoms with Gasteiger partial charge in [-0.1, -0.05) is 12.8 Å². The fourth-order valence-electron chi connectivity index (χ4n) is 4.58. The van der Waals surface area contributed by atoms with Gasteiger partial charge in [0.15, 0.2) is 0 Å². The van der Waals surface area contributed by atoms with Gasteiger partial charge in [-0.2, -0.15) is 0 Å². The van der Waals surface area contributed by atoms with Crippen LogP contribution >= 0.6 is 0 Å². The van der Waals surface area contributed by atoms with E-state index in [9.17, 15) is 9.90 Å². The second-order valence-corrected chi connectivity index (χ2v) is 6.69. The van der Waals surface area contributed by atoms with Gasteiger partial charge in [0.25, 0.3) is 0 Å². The molecule has 0 radical (unpaired) electrons. The minimum atomic E-state index is 0.221. The molecule has 102 valence electrons. The minimum Gasteiger partial charge on any atom is -0.396 e. The molecule has 3 fully saturated rings. The van der Waals surface area contributed by atoms with Crippen LogP contribution in [0.15, 0.2) is 0 Å². The molecule has 3 saturated carbocycles. The summed E-state index contributed by atoms with van der Waals surface area (Å²) >= 11 is 0. The summed E-state index contributed by atoms with van der Waals surface area (Å²) < 4.78 is 0. The Bertz CT molecular complexity index is 308. The molecule has 0 heterocycles. The molecule has 3 aliphatic carbocycles. The molecule has 3 heteroatoms. The van der Waals surface area contributed by atoms with Crippen molar-refractivity contribution in [1.82, 2.24) is 5.32 Å². The van der Waals surface area contributed by atoms with E-state index >= 15 is 0 Å². The molecule has 0 aromatic heterocycles. The number of carbonyl (C=O) groups excluding carboxylic acids is 1. The van der Waals surface area contributed by atoms with E-state index in [0.29, 0.717) is 11.8 Å². The predicted octanol–water partition coefficient (Wildman–Crippen LogP) is 2.09. The van der Waals surface area contributed by atoms with Gasteiger partial charge >= 0.3 is 0 Å². The Balaban J connectivity index is 1.47. The summed E-state index contributed by atoms with van der Waals surface area (Å²) in [4.78, 5) is 12.1. The third-order valence-corrected chi connectivity index (χ3v) is 5.57. The Morgan fingerprint density at radius 3 is 2.67 bits per heavy atom. The average Bonchev–Trinajstić information content (AvgIpc) is 3.04. The maximum absolute atomic E-state index is 12.1. The molecule has 0 aromatic rings. The number of hydrogen-bond acceptors (Lipinski definition) is 2. The summed E-state index contributed by atoms with van der Waals surface area (Å²) in [5.74, 6) is 2.94. The van der Waals surface area contributed by atoms with E-state index in [1.165, 1.54) is 25.7 Å². The topological polar surface area (TPSA) is 49.3 Å². The van der Waals surface area contributed by atoms with Crippen LogP contribution in [0.2, 0.25) is 0 Å². The summed E-state index contributed by atoms with van der Waals surface area (Å²) in [5.41, 5.74) is 0. The van der Waals surface area contributed by atoms with Crippen LogP contribution in [-0.4, -0.2) is 23.7 Å². The highest BCUT2D eigenvalue weighted by Gasteiger charge is 2.40. The van der Waals surface area contributed by atoms with E-state index in [1.807, 2.05) is 0 Å². The molecule has 2 bridgehead atoms. The van der Waals surface area contributed by atoms with E-state index in [1.54, 1.807) is 0 Å². The highest BCUT2D eigenvalue weighted by atomic mass is 16.3. The number of rotatable bonds is 4. The molecule has 0 saturated heterocycles.